The van der Waals surface area contributed by atoms with Gasteiger partial charge in [0.25, 0.3) is 0 Å². The summed E-state index contributed by atoms with van der Waals surface area (Å²) in [4.78, 5) is 2.70. The zero-order valence-electron chi connectivity index (χ0n) is 8.97. The number of likely N-dealkylation sites (tertiary alicyclic amines) is 1. The average molecular weight is 182 g/mol. The van der Waals surface area contributed by atoms with Crippen LogP contribution in [-0.4, -0.2) is 36.1 Å². The lowest BCUT2D eigenvalue weighted by atomic mass is 9.93. The summed E-state index contributed by atoms with van der Waals surface area (Å²) in [6.45, 7) is 8.55. The summed E-state index contributed by atoms with van der Waals surface area (Å²) in [5, 5.41) is 3.60. The lowest BCUT2D eigenvalue weighted by Gasteiger charge is -2.39. The molecule has 2 aliphatic heterocycles. The fourth-order valence-electron chi connectivity index (χ4n) is 2.88. The van der Waals surface area contributed by atoms with Crippen molar-refractivity contribution >= 4 is 0 Å². The van der Waals surface area contributed by atoms with E-state index in [4.69, 9.17) is 0 Å². The number of nitrogens with one attached hydrogen (secondary N) is 1. The van der Waals surface area contributed by atoms with Gasteiger partial charge < -0.3 is 5.32 Å². The van der Waals surface area contributed by atoms with Crippen LogP contribution in [0.25, 0.3) is 0 Å². The zero-order chi connectivity index (χ0) is 9.31. The molecule has 2 saturated heterocycles. The quantitative estimate of drug-likeness (QED) is 0.663. The van der Waals surface area contributed by atoms with Crippen LogP contribution in [0.4, 0.5) is 0 Å². The molecule has 2 nitrogen and oxygen atoms in total. The van der Waals surface area contributed by atoms with E-state index in [2.05, 4.69) is 24.1 Å². The summed E-state index contributed by atoms with van der Waals surface area (Å²) in [7, 11) is 0. The van der Waals surface area contributed by atoms with Crippen LogP contribution in [-0.2, 0) is 0 Å². The van der Waals surface area contributed by atoms with E-state index >= 15 is 0 Å². The molecule has 0 aromatic heterocycles. The molecule has 13 heavy (non-hydrogen) atoms. The number of hydrogen-bond acceptors (Lipinski definition) is 2. The minimum Gasteiger partial charge on any atom is -0.310 e. The van der Waals surface area contributed by atoms with Crippen molar-refractivity contribution < 1.29 is 0 Å². The van der Waals surface area contributed by atoms with Crippen LogP contribution in [0.3, 0.4) is 0 Å². The predicted molar refractivity (Wildman–Crippen MR) is 55.9 cm³/mol. The Morgan fingerprint density at radius 3 is 2.38 bits per heavy atom. The molecule has 0 aromatic rings. The van der Waals surface area contributed by atoms with Gasteiger partial charge in [0, 0.05) is 11.6 Å². The number of nitrogens with zero attached hydrogens (tertiary/aromatic N) is 1. The zero-order valence-corrected chi connectivity index (χ0v) is 8.97. The largest absolute Gasteiger partial charge is 0.310 e. The summed E-state index contributed by atoms with van der Waals surface area (Å²) >= 11 is 0. The fraction of sp³-hybridized carbons (Fsp3) is 1.00. The Bertz CT molecular complexity index is 171. The molecule has 2 rings (SSSR count). The third kappa shape index (κ3) is 1.89. The monoisotopic (exact) mass is 182 g/mol. The van der Waals surface area contributed by atoms with Crippen LogP contribution in [0.2, 0.25) is 0 Å². The Labute approximate surface area is 81.7 Å². The van der Waals surface area contributed by atoms with Gasteiger partial charge in [-0.25, -0.2) is 0 Å². The van der Waals surface area contributed by atoms with E-state index in [0.717, 1.165) is 6.04 Å². The first-order chi connectivity index (χ1) is 6.20. The molecule has 2 heterocycles. The van der Waals surface area contributed by atoms with Gasteiger partial charge in [0.05, 0.1) is 0 Å². The van der Waals surface area contributed by atoms with Gasteiger partial charge in [-0.15, -0.1) is 0 Å². The fourth-order valence-corrected chi connectivity index (χ4v) is 2.88. The molecule has 2 aliphatic rings. The van der Waals surface area contributed by atoms with E-state index in [-0.39, 0.29) is 0 Å². The molecule has 0 spiro atoms. The van der Waals surface area contributed by atoms with Crippen molar-refractivity contribution in [3.63, 3.8) is 0 Å². The standard InChI is InChI=1S/C11H22N2/c1-11(2)10(6-7-12-11)13-8-4-3-5-9-13/h10,12H,3-9H2,1-2H3. The molecule has 0 bridgehead atoms. The van der Waals surface area contributed by atoms with E-state index in [1.165, 1.54) is 45.3 Å². The molecule has 1 atom stereocenters. The highest BCUT2D eigenvalue weighted by Crippen LogP contribution is 2.26. The highest BCUT2D eigenvalue weighted by atomic mass is 15.2. The molecule has 1 unspecified atom stereocenters. The van der Waals surface area contributed by atoms with Crippen molar-refractivity contribution in [2.75, 3.05) is 19.6 Å². The van der Waals surface area contributed by atoms with Crippen molar-refractivity contribution in [2.45, 2.75) is 51.1 Å². The van der Waals surface area contributed by atoms with Gasteiger partial charge in [-0.1, -0.05) is 6.42 Å². The second kappa shape index (κ2) is 3.58. The third-order valence-electron chi connectivity index (χ3n) is 3.66. The van der Waals surface area contributed by atoms with Crippen LogP contribution >= 0.6 is 0 Å². The molecule has 2 heteroatoms. The molecule has 0 aromatic carbocycles. The second-order valence-corrected chi connectivity index (χ2v) is 5.05. The number of hydrogen-bond donors (Lipinski definition) is 1. The molecule has 2 fully saturated rings. The van der Waals surface area contributed by atoms with Crippen LogP contribution in [0.15, 0.2) is 0 Å². The lowest BCUT2D eigenvalue weighted by Crippen LogP contribution is -2.52. The Morgan fingerprint density at radius 1 is 1.15 bits per heavy atom. The van der Waals surface area contributed by atoms with Crippen molar-refractivity contribution in [3.8, 4) is 0 Å². The van der Waals surface area contributed by atoms with E-state index in [9.17, 15) is 0 Å². The van der Waals surface area contributed by atoms with Crippen LogP contribution < -0.4 is 5.32 Å². The predicted octanol–water partition coefficient (Wildman–Crippen LogP) is 1.61. The van der Waals surface area contributed by atoms with Crippen molar-refractivity contribution in [1.82, 2.24) is 10.2 Å². The van der Waals surface area contributed by atoms with E-state index < -0.39 is 0 Å². The third-order valence-corrected chi connectivity index (χ3v) is 3.66. The summed E-state index contributed by atoms with van der Waals surface area (Å²) in [6.07, 6.45) is 5.60. The van der Waals surface area contributed by atoms with Crippen molar-refractivity contribution in [2.24, 2.45) is 0 Å². The smallest absolute Gasteiger partial charge is 0.0284 e. The summed E-state index contributed by atoms with van der Waals surface area (Å²) < 4.78 is 0. The van der Waals surface area contributed by atoms with Crippen molar-refractivity contribution in [1.29, 1.82) is 0 Å². The Hall–Kier alpha value is -0.0800. The average Bonchev–Trinajstić information content (AvgIpc) is 2.47. The summed E-state index contributed by atoms with van der Waals surface area (Å²) in [5.74, 6) is 0. The minimum atomic E-state index is 0.345. The Morgan fingerprint density at radius 2 is 1.85 bits per heavy atom. The van der Waals surface area contributed by atoms with Crippen molar-refractivity contribution in [3.05, 3.63) is 0 Å². The topological polar surface area (TPSA) is 15.3 Å². The summed E-state index contributed by atoms with van der Waals surface area (Å²) in [5.41, 5.74) is 0.345. The highest BCUT2D eigenvalue weighted by Gasteiger charge is 2.38. The van der Waals surface area contributed by atoms with Crippen LogP contribution in [0.5, 0.6) is 0 Å². The summed E-state index contributed by atoms with van der Waals surface area (Å²) in [6, 6.07) is 0.785. The maximum atomic E-state index is 3.60. The highest BCUT2D eigenvalue weighted by molar-refractivity contribution is 4.99. The van der Waals surface area contributed by atoms with E-state index in [1.54, 1.807) is 0 Å². The molecule has 0 amide bonds. The second-order valence-electron chi connectivity index (χ2n) is 5.05. The first-order valence-electron chi connectivity index (χ1n) is 5.69. The molecular formula is C11H22N2. The van der Waals surface area contributed by atoms with E-state index in [1.807, 2.05) is 0 Å². The number of rotatable bonds is 1. The van der Waals surface area contributed by atoms with Gasteiger partial charge in [-0.05, 0) is 52.7 Å². The SMILES string of the molecule is CC1(C)NCCC1N1CCCCC1. The van der Waals surface area contributed by atoms with Gasteiger partial charge in [-0.3, -0.25) is 4.90 Å². The Kier molecular flexibility index (Phi) is 2.61. The molecular weight excluding hydrogens is 160 g/mol. The van der Waals surface area contributed by atoms with Gasteiger partial charge >= 0.3 is 0 Å². The first kappa shape index (κ1) is 9.47. The number of piperidine rings is 1. The normalized spacial score (nSPS) is 35.1. The van der Waals surface area contributed by atoms with Gasteiger partial charge in [-0.2, -0.15) is 0 Å². The molecule has 0 saturated carbocycles. The maximum absolute atomic E-state index is 3.60. The minimum absolute atomic E-state index is 0.345. The van der Waals surface area contributed by atoms with Gasteiger partial charge in [0.2, 0.25) is 0 Å². The molecule has 76 valence electrons. The van der Waals surface area contributed by atoms with Crippen LogP contribution in [0, 0.1) is 0 Å². The Balaban J connectivity index is 1.98. The van der Waals surface area contributed by atoms with Gasteiger partial charge in [0.15, 0.2) is 0 Å². The van der Waals surface area contributed by atoms with E-state index in [0.29, 0.717) is 5.54 Å². The lowest BCUT2D eigenvalue weighted by molar-refractivity contribution is 0.122. The molecule has 1 N–H and O–H groups in total. The molecule has 0 radical (unpaired) electrons. The van der Waals surface area contributed by atoms with Gasteiger partial charge in [0.1, 0.15) is 0 Å². The van der Waals surface area contributed by atoms with Crippen LogP contribution in [0.1, 0.15) is 39.5 Å². The molecule has 0 aliphatic carbocycles. The first-order valence-corrected chi connectivity index (χ1v) is 5.69. The maximum Gasteiger partial charge on any atom is 0.0284 e.